The van der Waals surface area contributed by atoms with Crippen LogP contribution in [0.4, 0.5) is 5.95 Å². The second-order valence-corrected chi connectivity index (χ2v) is 7.76. The van der Waals surface area contributed by atoms with Gasteiger partial charge in [0, 0.05) is 18.8 Å². The zero-order valence-electron chi connectivity index (χ0n) is 10.6. The van der Waals surface area contributed by atoms with Gasteiger partial charge in [0.25, 0.3) is 0 Å². The number of aryl methyl sites for hydroxylation is 1. The number of nitrogens with zero attached hydrogens (tertiary/aromatic N) is 2. The molecule has 0 spiro atoms. The predicted octanol–water partition coefficient (Wildman–Crippen LogP) is 1.52. The Balaban J connectivity index is 1.70. The summed E-state index contributed by atoms with van der Waals surface area (Å²) in [5, 5.41) is 2.99. The molecule has 1 aromatic heterocycles. The summed E-state index contributed by atoms with van der Waals surface area (Å²) in [5.41, 5.74) is 0.985. The Bertz CT molecular complexity index is 546. The van der Waals surface area contributed by atoms with Crippen molar-refractivity contribution in [2.24, 2.45) is 0 Å². The zero-order chi connectivity index (χ0) is 12.8. The van der Waals surface area contributed by atoms with E-state index in [4.69, 9.17) is 0 Å². The molecule has 0 bridgehead atoms. The van der Waals surface area contributed by atoms with Crippen molar-refractivity contribution in [2.45, 2.75) is 43.9 Å². The van der Waals surface area contributed by atoms with Gasteiger partial charge in [-0.05, 0) is 32.6 Å². The van der Waals surface area contributed by atoms with Crippen LogP contribution in [0.5, 0.6) is 0 Å². The number of aromatic nitrogens is 2. The zero-order valence-corrected chi connectivity index (χ0v) is 11.4. The van der Waals surface area contributed by atoms with Crippen LogP contribution in [0.2, 0.25) is 0 Å². The SMILES string of the molecule is Cc1cn(C2CC2)c(NCC2CCCS2(=O)=O)n1. The Morgan fingerprint density at radius 1 is 1.44 bits per heavy atom. The number of sulfone groups is 1. The number of nitrogens with one attached hydrogen (secondary N) is 1. The molecule has 0 amide bonds. The molecule has 2 aliphatic rings. The highest BCUT2D eigenvalue weighted by molar-refractivity contribution is 7.92. The van der Waals surface area contributed by atoms with Crippen molar-refractivity contribution in [2.75, 3.05) is 17.6 Å². The van der Waals surface area contributed by atoms with Crippen molar-refractivity contribution < 1.29 is 8.42 Å². The van der Waals surface area contributed by atoms with E-state index >= 15 is 0 Å². The van der Waals surface area contributed by atoms with Crippen molar-refractivity contribution in [3.8, 4) is 0 Å². The molecule has 2 fully saturated rings. The highest BCUT2D eigenvalue weighted by atomic mass is 32.2. The minimum atomic E-state index is -2.87. The summed E-state index contributed by atoms with van der Waals surface area (Å²) >= 11 is 0. The molecule has 3 rings (SSSR count). The average molecular weight is 269 g/mol. The standard InChI is InChI=1S/C12H19N3O2S/c1-9-8-15(10-4-5-10)12(14-9)13-7-11-3-2-6-18(11,16)17/h8,10-11H,2-7H2,1H3,(H,13,14). The second-order valence-electron chi connectivity index (χ2n) is 5.36. The Labute approximate surface area is 108 Å². The molecule has 0 aromatic carbocycles. The molecule has 6 heteroatoms. The minimum Gasteiger partial charge on any atom is -0.354 e. The van der Waals surface area contributed by atoms with Crippen LogP contribution in [-0.4, -0.2) is 35.5 Å². The lowest BCUT2D eigenvalue weighted by atomic mass is 10.2. The predicted molar refractivity (Wildman–Crippen MR) is 70.5 cm³/mol. The first kappa shape index (κ1) is 12.0. The van der Waals surface area contributed by atoms with Crippen molar-refractivity contribution in [3.63, 3.8) is 0 Å². The number of hydrogen-bond donors (Lipinski definition) is 1. The molecule has 1 N–H and O–H groups in total. The molecule has 2 heterocycles. The number of rotatable bonds is 4. The van der Waals surface area contributed by atoms with Crippen molar-refractivity contribution in [1.82, 2.24) is 9.55 Å². The summed E-state index contributed by atoms with van der Waals surface area (Å²) in [6, 6.07) is 0.564. The van der Waals surface area contributed by atoms with Gasteiger partial charge in [-0.3, -0.25) is 0 Å². The maximum atomic E-state index is 11.8. The van der Waals surface area contributed by atoms with E-state index < -0.39 is 9.84 Å². The third-order valence-electron chi connectivity index (χ3n) is 3.74. The molecule has 5 nitrogen and oxygen atoms in total. The van der Waals surface area contributed by atoms with Gasteiger partial charge in [0.1, 0.15) is 0 Å². The van der Waals surface area contributed by atoms with E-state index in [9.17, 15) is 8.42 Å². The van der Waals surface area contributed by atoms with Crippen molar-refractivity contribution >= 4 is 15.8 Å². The molecule has 1 atom stereocenters. The van der Waals surface area contributed by atoms with Gasteiger partial charge >= 0.3 is 0 Å². The molecule has 1 saturated heterocycles. The van der Waals surface area contributed by atoms with Crippen molar-refractivity contribution in [3.05, 3.63) is 11.9 Å². The van der Waals surface area contributed by atoms with E-state index in [1.165, 1.54) is 12.8 Å². The molecule has 100 valence electrons. The maximum Gasteiger partial charge on any atom is 0.203 e. The quantitative estimate of drug-likeness (QED) is 0.900. The molecule has 1 aromatic rings. The van der Waals surface area contributed by atoms with E-state index in [1.54, 1.807) is 0 Å². The van der Waals surface area contributed by atoms with Crippen LogP contribution in [0.3, 0.4) is 0 Å². The summed E-state index contributed by atoms with van der Waals surface area (Å²) in [5.74, 6) is 1.17. The molecule has 1 aliphatic carbocycles. The van der Waals surface area contributed by atoms with E-state index in [2.05, 4.69) is 14.9 Å². The van der Waals surface area contributed by atoms with Gasteiger partial charge in [-0.1, -0.05) is 0 Å². The van der Waals surface area contributed by atoms with Gasteiger partial charge in [-0.25, -0.2) is 13.4 Å². The van der Waals surface area contributed by atoms with Crippen LogP contribution in [-0.2, 0) is 9.84 Å². The van der Waals surface area contributed by atoms with E-state index in [0.29, 0.717) is 18.3 Å². The van der Waals surface area contributed by atoms with E-state index in [1.807, 2.05) is 13.1 Å². The fourth-order valence-corrected chi connectivity index (χ4v) is 4.34. The fourth-order valence-electron chi connectivity index (χ4n) is 2.57. The lowest BCUT2D eigenvalue weighted by Crippen LogP contribution is -2.26. The summed E-state index contributed by atoms with van der Waals surface area (Å²) in [6.45, 7) is 2.46. The number of anilines is 1. The molecule has 1 saturated carbocycles. The number of hydrogen-bond acceptors (Lipinski definition) is 4. The normalized spacial score (nSPS) is 26.4. The molecule has 18 heavy (non-hydrogen) atoms. The van der Waals surface area contributed by atoms with Crippen LogP contribution < -0.4 is 5.32 Å². The van der Waals surface area contributed by atoms with E-state index in [-0.39, 0.29) is 5.25 Å². The van der Waals surface area contributed by atoms with Crippen molar-refractivity contribution in [1.29, 1.82) is 0 Å². The van der Waals surface area contributed by atoms with Crippen LogP contribution >= 0.6 is 0 Å². The van der Waals surface area contributed by atoms with Gasteiger partial charge < -0.3 is 9.88 Å². The van der Waals surface area contributed by atoms with Gasteiger partial charge in [0.05, 0.1) is 16.7 Å². The molecular formula is C12H19N3O2S. The Morgan fingerprint density at radius 3 is 2.83 bits per heavy atom. The van der Waals surface area contributed by atoms with Gasteiger partial charge in [0.15, 0.2) is 9.84 Å². The maximum absolute atomic E-state index is 11.8. The first-order chi connectivity index (χ1) is 8.56. The Kier molecular flexibility index (Phi) is 2.84. The van der Waals surface area contributed by atoms with Gasteiger partial charge in [-0.15, -0.1) is 0 Å². The summed E-state index contributed by atoms with van der Waals surface area (Å²) in [4.78, 5) is 4.44. The summed E-state index contributed by atoms with van der Waals surface area (Å²) in [7, 11) is -2.87. The minimum absolute atomic E-state index is 0.234. The molecule has 0 radical (unpaired) electrons. The van der Waals surface area contributed by atoms with Gasteiger partial charge in [-0.2, -0.15) is 0 Å². The third kappa shape index (κ3) is 2.25. The Morgan fingerprint density at radius 2 is 2.22 bits per heavy atom. The Hall–Kier alpha value is -1.04. The second kappa shape index (κ2) is 4.26. The first-order valence-electron chi connectivity index (χ1n) is 6.57. The largest absolute Gasteiger partial charge is 0.354 e. The summed E-state index contributed by atoms with van der Waals surface area (Å²) < 4.78 is 25.7. The first-order valence-corrected chi connectivity index (χ1v) is 8.29. The van der Waals surface area contributed by atoms with Crippen LogP contribution in [0.25, 0.3) is 0 Å². The van der Waals surface area contributed by atoms with E-state index in [0.717, 1.165) is 24.5 Å². The van der Waals surface area contributed by atoms with Crippen LogP contribution in [0.15, 0.2) is 6.20 Å². The highest BCUT2D eigenvalue weighted by Crippen LogP contribution is 2.37. The highest BCUT2D eigenvalue weighted by Gasteiger charge is 2.32. The van der Waals surface area contributed by atoms with Crippen LogP contribution in [0.1, 0.15) is 37.4 Å². The lowest BCUT2D eigenvalue weighted by molar-refractivity contribution is 0.591. The smallest absolute Gasteiger partial charge is 0.203 e. The molecular weight excluding hydrogens is 250 g/mol. The number of imidazole rings is 1. The third-order valence-corrected chi connectivity index (χ3v) is 6.02. The topological polar surface area (TPSA) is 64.0 Å². The monoisotopic (exact) mass is 269 g/mol. The molecule has 1 unspecified atom stereocenters. The summed E-state index contributed by atoms with van der Waals surface area (Å²) in [6.07, 6.45) is 6.02. The fraction of sp³-hybridized carbons (Fsp3) is 0.750. The van der Waals surface area contributed by atoms with Crippen LogP contribution in [0, 0.1) is 6.92 Å². The van der Waals surface area contributed by atoms with Gasteiger partial charge in [0.2, 0.25) is 5.95 Å². The molecule has 1 aliphatic heterocycles. The lowest BCUT2D eigenvalue weighted by Gasteiger charge is -2.12. The average Bonchev–Trinajstić information content (AvgIpc) is 2.99.